The van der Waals surface area contributed by atoms with Crippen molar-refractivity contribution in [3.8, 4) is 0 Å². The third-order valence-electron chi connectivity index (χ3n) is 4.47. The average Bonchev–Trinajstić information content (AvgIpc) is 3.32. The lowest BCUT2D eigenvalue weighted by molar-refractivity contribution is 0.0789. The highest BCUT2D eigenvalue weighted by molar-refractivity contribution is 7.17. The van der Waals surface area contributed by atoms with Gasteiger partial charge in [-0.3, -0.25) is 9.78 Å². The van der Waals surface area contributed by atoms with E-state index in [1.165, 1.54) is 17.4 Å². The Morgan fingerprint density at radius 1 is 1.31 bits per heavy atom. The van der Waals surface area contributed by atoms with Gasteiger partial charge in [-0.05, 0) is 42.8 Å². The van der Waals surface area contributed by atoms with E-state index >= 15 is 0 Å². The van der Waals surface area contributed by atoms with Gasteiger partial charge < -0.3 is 10.2 Å². The fourth-order valence-corrected chi connectivity index (χ4v) is 3.90. The fraction of sp³-hybridized carbons (Fsp3) is 0.333. The minimum atomic E-state index is -0.393. The maximum absolute atomic E-state index is 13.4. The molecule has 4 rings (SSSR count). The van der Waals surface area contributed by atoms with Crippen LogP contribution in [0.25, 0.3) is 10.2 Å². The van der Waals surface area contributed by atoms with Gasteiger partial charge in [-0.15, -0.1) is 11.3 Å². The standard InChI is InChI=1S/C18H18FN5OS/c1-11(12-8-13(19)10-20-9-12)21-18-22-14-4-7-26-16(14)15(23-18)17(25)24-5-2-3-6-24/h4,7-11H,2-3,5-6H2,1H3,(H,21,22,23)/t11-/m0/s1. The summed E-state index contributed by atoms with van der Waals surface area (Å²) in [7, 11) is 0. The number of thiophene rings is 1. The number of nitrogens with one attached hydrogen (secondary N) is 1. The number of rotatable bonds is 4. The molecular weight excluding hydrogens is 353 g/mol. The van der Waals surface area contributed by atoms with Crippen LogP contribution in [-0.4, -0.2) is 38.8 Å². The van der Waals surface area contributed by atoms with E-state index in [4.69, 9.17) is 0 Å². The predicted molar refractivity (Wildman–Crippen MR) is 98.8 cm³/mol. The highest BCUT2D eigenvalue weighted by Crippen LogP contribution is 2.27. The first-order valence-electron chi connectivity index (χ1n) is 8.53. The molecule has 1 aliphatic rings. The molecule has 8 heteroatoms. The molecule has 1 atom stereocenters. The molecule has 4 heterocycles. The summed E-state index contributed by atoms with van der Waals surface area (Å²) in [5.74, 6) is -0.0917. The van der Waals surface area contributed by atoms with E-state index in [-0.39, 0.29) is 11.9 Å². The smallest absolute Gasteiger partial charge is 0.274 e. The maximum atomic E-state index is 13.4. The van der Waals surface area contributed by atoms with Crippen molar-refractivity contribution in [2.45, 2.75) is 25.8 Å². The highest BCUT2D eigenvalue weighted by atomic mass is 32.1. The SMILES string of the molecule is C[C@H](Nc1nc(C(=O)N2CCCC2)c2sccc2n1)c1cncc(F)c1. The molecule has 1 fully saturated rings. The van der Waals surface area contributed by atoms with Crippen molar-refractivity contribution >= 4 is 33.4 Å². The lowest BCUT2D eigenvalue weighted by Gasteiger charge is -2.17. The number of hydrogen-bond donors (Lipinski definition) is 1. The summed E-state index contributed by atoms with van der Waals surface area (Å²) in [6, 6.07) is 3.05. The highest BCUT2D eigenvalue weighted by Gasteiger charge is 2.24. The summed E-state index contributed by atoms with van der Waals surface area (Å²) in [6.45, 7) is 3.41. The van der Waals surface area contributed by atoms with E-state index in [9.17, 15) is 9.18 Å². The van der Waals surface area contributed by atoms with Crippen LogP contribution in [0.1, 0.15) is 41.9 Å². The average molecular weight is 371 g/mol. The van der Waals surface area contributed by atoms with E-state index in [0.717, 1.165) is 42.3 Å². The maximum Gasteiger partial charge on any atom is 0.274 e. The summed E-state index contributed by atoms with van der Waals surface area (Å²) in [5, 5.41) is 5.06. The molecule has 0 radical (unpaired) electrons. The molecule has 0 unspecified atom stereocenters. The van der Waals surface area contributed by atoms with Gasteiger partial charge in [0, 0.05) is 19.3 Å². The van der Waals surface area contributed by atoms with Crippen molar-refractivity contribution < 1.29 is 9.18 Å². The van der Waals surface area contributed by atoms with E-state index < -0.39 is 5.82 Å². The number of fused-ring (bicyclic) bond motifs is 1. The molecule has 3 aromatic heterocycles. The summed E-state index contributed by atoms with van der Waals surface area (Å²) in [4.78, 5) is 27.6. The van der Waals surface area contributed by atoms with E-state index in [2.05, 4.69) is 20.3 Å². The number of aromatic nitrogens is 3. The van der Waals surface area contributed by atoms with Crippen LogP contribution in [0.5, 0.6) is 0 Å². The Hall–Kier alpha value is -2.61. The molecule has 1 N–H and O–H groups in total. The third-order valence-corrected chi connectivity index (χ3v) is 5.38. The number of halogens is 1. The lowest BCUT2D eigenvalue weighted by atomic mass is 10.1. The number of likely N-dealkylation sites (tertiary alicyclic amines) is 1. The van der Waals surface area contributed by atoms with Gasteiger partial charge in [-0.2, -0.15) is 0 Å². The van der Waals surface area contributed by atoms with Gasteiger partial charge in [-0.25, -0.2) is 14.4 Å². The minimum Gasteiger partial charge on any atom is -0.348 e. The molecule has 3 aromatic rings. The van der Waals surface area contributed by atoms with Crippen LogP contribution in [0.15, 0.2) is 29.9 Å². The first-order chi connectivity index (χ1) is 12.6. The zero-order valence-electron chi connectivity index (χ0n) is 14.3. The Morgan fingerprint density at radius 2 is 2.12 bits per heavy atom. The Morgan fingerprint density at radius 3 is 2.88 bits per heavy atom. The Bertz CT molecular complexity index is 954. The summed E-state index contributed by atoms with van der Waals surface area (Å²) in [6.07, 6.45) is 4.81. The van der Waals surface area contributed by atoms with Crippen molar-refractivity contribution in [1.82, 2.24) is 19.9 Å². The number of pyridine rings is 1. The van der Waals surface area contributed by atoms with E-state index in [0.29, 0.717) is 17.2 Å². The predicted octanol–water partition coefficient (Wildman–Crippen LogP) is 3.63. The van der Waals surface area contributed by atoms with Crippen molar-refractivity contribution in [3.05, 3.63) is 47.0 Å². The molecule has 0 aromatic carbocycles. The molecular formula is C18H18FN5OS. The third kappa shape index (κ3) is 3.24. The molecule has 0 aliphatic carbocycles. The number of carbonyl (C=O) groups is 1. The molecule has 0 bridgehead atoms. The number of amides is 1. The molecule has 1 aliphatic heterocycles. The molecule has 1 saturated heterocycles. The van der Waals surface area contributed by atoms with Crippen LogP contribution in [0.2, 0.25) is 0 Å². The largest absolute Gasteiger partial charge is 0.348 e. The van der Waals surface area contributed by atoms with Gasteiger partial charge >= 0.3 is 0 Å². The summed E-state index contributed by atoms with van der Waals surface area (Å²) < 4.78 is 14.2. The van der Waals surface area contributed by atoms with Gasteiger partial charge in [0.25, 0.3) is 5.91 Å². The Kier molecular flexibility index (Phi) is 4.50. The van der Waals surface area contributed by atoms with Gasteiger partial charge in [0.15, 0.2) is 5.69 Å². The Balaban J connectivity index is 1.66. The zero-order valence-corrected chi connectivity index (χ0v) is 15.1. The second kappa shape index (κ2) is 6.95. The van der Waals surface area contributed by atoms with Crippen molar-refractivity contribution in [2.24, 2.45) is 0 Å². The van der Waals surface area contributed by atoms with E-state index in [1.54, 1.807) is 6.20 Å². The van der Waals surface area contributed by atoms with Gasteiger partial charge in [0.2, 0.25) is 5.95 Å². The van der Waals surface area contributed by atoms with Crippen LogP contribution in [0.4, 0.5) is 10.3 Å². The van der Waals surface area contributed by atoms with Crippen LogP contribution >= 0.6 is 11.3 Å². The van der Waals surface area contributed by atoms with Crippen molar-refractivity contribution in [3.63, 3.8) is 0 Å². The zero-order chi connectivity index (χ0) is 18.1. The second-order valence-corrected chi connectivity index (χ2v) is 7.25. The van der Waals surface area contributed by atoms with Crippen LogP contribution < -0.4 is 5.32 Å². The van der Waals surface area contributed by atoms with Crippen molar-refractivity contribution in [1.29, 1.82) is 0 Å². The lowest BCUT2D eigenvalue weighted by Crippen LogP contribution is -2.28. The molecule has 0 saturated carbocycles. The number of anilines is 1. The van der Waals surface area contributed by atoms with Gasteiger partial charge in [0.05, 0.1) is 22.5 Å². The number of nitrogens with zero attached hydrogens (tertiary/aromatic N) is 4. The van der Waals surface area contributed by atoms with Crippen LogP contribution in [0.3, 0.4) is 0 Å². The van der Waals surface area contributed by atoms with E-state index in [1.807, 2.05) is 23.3 Å². The normalized spacial score (nSPS) is 15.4. The fourth-order valence-electron chi connectivity index (χ4n) is 3.09. The summed E-state index contributed by atoms with van der Waals surface area (Å²) in [5.41, 5.74) is 1.85. The number of hydrogen-bond acceptors (Lipinski definition) is 6. The topological polar surface area (TPSA) is 71.0 Å². The van der Waals surface area contributed by atoms with Gasteiger partial charge in [-0.1, -0.05) is 0 Å². The monoisotopic (exact) mass is 371 g/mol. The second-order valence-electron chi connectivity index (χ2n) is 6.33. The molecule has 26 heavy (non-hydrogen) atoms. The van der Waals surface area contributed by atoms with Crippen molar-refractivity contribution in [2.75, 3.05) is 18.4 Å². The van der Waals surface area contributed by atoms with Gasteiger partial charge in [0.1, 0.15) is 5.82 Å². The molecule has 1 amide bonds. The summed E-state index contributed by atoms with van der Waals surface area (Å²) >= 11 is 1.47. The quantitative estimate of drug-likeness (QED) is 0.758. The Labute approximate surface area is 154 Å². The molecule has 134 valence electrons. The van der Waals surface area contributed by atoms with Crippen LogP contribution in [0, 0.1) is 5.82 Å². The molecule has 0 spiro atoms. The minimum absolute atomic E-state index is 0.0551. The molecule has 6 nitrogen and oxygen atoms in total. The number of carbonyl (C=O) groups excluding carboxylic acids is 1. The first kappa shape index (κ1) is 16.8. The van der Waals surface area contributed by atoms with Crippen LogP contribution in [-0.2, 0) is 0 Å². The first-order valence-corrected chi connectivity index (χ1v) is 9.41.